The first-order chi connectivity index (χ1) is 18.0. The molecule has 1 aliphatic carbocycles. The van der Waals surface area contributed by atoms with Gasteiger partial charge in [0, 0.05) is 11.7 Å². The molecule has 1 saturated carbocycles. The highest BCUT2D eigenvalue weighted by Gasteiger charge is 2.44. The van der Waals surface area contributed by atoms with Gasteiger partial charge in [-0.1, -0.05) is 74.5 Å². The maximum Gasteiger partial charge on any atom is 0.408 e. The fraction of sp³-hybridized carbons (Fsp3) is 0.387. The Bertz CT molecular complexity index is 1300. The fourth-order valence-corrected chi connectivity index (χ4v) is 4.53. The summed E-state index contributed by atoms with van der Waals surface area (Å²) in [5.41, 5.74) is 0.674. The molecule has 0 radical (unpaired) electrons. The number of amides is 3. The molecule has 4 rings (SSSR count). The lowest BCUT2D eigenvalue weighted by atomic mass is 9.98. The lowest BCUT2D eigenvalue weighted by Gasteiger charge is -2.35. The molecular formula is C31H37N3O4. The summed E-state index contributed by atoms with van der Waals surface area (Å²) in [6.45, 7) is 9.07. The Labute approximate surface area is 224 Å². The first-order valence-electron chi connectivity index (χ1n) is 13.2. The second-order valence-corrected chi connectivity index (χ2v) is 11.2. The van der Waals surface area contributed by atoms with Crippen LogP contribution in [-0.4, -0.2) is 40.5 Å². The van der Waals surface area contributed by atoms with Crippen LogP contribution in [0.25, 0.3) is 10.8 Å². The van der Waals surface area contributed by atoms with E-state index in [1.807, 2.05) is 86.6 Å². The normalized spacial score (nSPS) is 15.0. The van der Waals surface area contributed by atoms with Crippen LogP contribution >= 0.6 is 0 Å². The summed E-state index contributed by atoms with van der Waals surface area (Å²) in [5, 5.41) is 7.90. The van der Waals surface area contributed by atoms with Crippen molar-refractivity contribution in [1.82, 2.24) is 10.2 Å². The van der Waals surface area contributed by atoms with Gasteiger partial charge in [0.25, 0.3) is 5.91 Å². The fourth-order valence-electron chi connectivity index (χ4n) is 4.53. The number of alkyl carbamates (subject to hydrolysis) is 1. The number of carbonyl (C=O) groups is 3. The van der Waals surface area contributed by atoms with Crippen molar-refractivity contribution in [3.8, 4) is 0 Å². The predicted octanol–water partition coefficient (Wildman–Crippen LogP) is 6.06. The molecule has 0 aliphatic heterocycles. The van der Waals surface area contributed by atoms with Crippen LogP contribution in [-0.2, 0) is 14.3 Å². The Morgan fingerprint density at radius 1 is 0.895 bits per heavy atom. The monoisotopic (exact) mass is 515 g/mol. The number of benzene rings is 3. The van der Waals surface area contributed by atoms with Crippen molar-refractivity contribution in [2.24, 2.45) is 5.92 Å². The maximum atomic E-state index is 14.1. The quantitative estimate of drug-likeness (QED) is 0.382. The van der Waals surface area contributed by atoms with Crippen LogP contribution in [0.2, 0.25) is 0 Å². The van der Waals surface area contributed by atoms with Gasteiger partial charge in [0.15, 0.2) is 0 Å². The van der Waals surface area contributed by atoms with E-state index in [1.165, 1.54) is 0 Å². The second-order valence-electron chi connectivity index (χ2n) is 11.2. The zero-order valence-corrected chi connectivity index (χ0v) is 22.7. The minimum atomic E-state index is -0.857. The highest BCUT2D eigenvalue weighted by molar-refractivity contribution is 6.00. The van der Waals surface area contributed by atoms with Crippen molar-refractivity contribution < 1.29 is 19.1 Å². The summed E-state index contributed by atoms with van der Waals surface area (Å²) in [5.74, 6) is -0.807. The molecule has 2 N–H and O–H groups in total. The Morgan fingerprint density at radius 2 is 1.53 bits per heavy atom. The number of nitrogens with zero attached hydrogens (tertiary/aromatic N) is 1. The van der Waals surface area contributed by atoms with Crippen molar-refractivity contribution in [2.45, 2.75) is 71.2 Å². The van der Waals surface area contributed by atoms with E-state index in [0.29, 0.717) is 11.3 Å². The molecule has 2 unspecified atom stereocenters. The van der Waals surface area contributed by atoms with Crippen molar-refractivity contribution in [2.75, 3.05) is 5.32 Å². The van der Waals surface area contributed by atoms with Gasteiger partial charge in [-0.15, -0.1) is 0 Å². The predicted molar refractivity (Wildman–Crippen MR) is 150 cm³/mol. The molecule has 7 nitrogen and oxygen atoms in total. The van der Waals surface area contributed by atoms with Crippen LogP contribution in [0.15, 0.2) is 72.8 Å². The summed E-state index contributed by atoms with van der Waals surface area (Å²) in [6, 6.07) is 21.2. The van der Waals surface area contributed by atoms with E-state index in [-0.39, 0.29) is 23.8 Å². The third kappa shape index (κ3) is 6.71. The first-order valence-corrected chi connectivity index (χ1v) is 13.2. The largest absolute Gasteiger partial charge is 0.444 e. The molecule has 200 valence electrons. The minimum absolute atomic E-state index is 0.0863. The van der Waals surface area contributed by atoms with Gasteiger partial charge in [-0.3, -0.25) is 9.59 Å². The average Bonchev–Trinajstić information content (AvgIpc) is 3.69. The SMILES string of the molecule is CC(C)C(NC(=O)OC(C)(C)C)C(=O)N(C1CC1)C(C(=O)Nc1ccc2ccccc2c1)c1ccccc1. The molecule has 0 heterocycles. The number of carbonyl (C=O) groups excluding carboxylic acids is 3. The van der Waals surface area contributed by atoms with E-state index in [4.69, 9.17) is 4.74 Å². The van der Waals surface area contributed by atoms with E-state index >= 15 is 0 Å². The third-order valence-electron chi connectivity index (χ3n) is 6.46. The van der Waals surface area contributed by atoms with Crippen LogP contribution in [0.5, 0.6) is 0 Å². The van der Waals surface area contributed by atoms with Crippen molar-refractivity contribution in [3.05, 3.63) is 78.4 Å². The minimum Gasteiger partial charge on any atom is -0.444 e. The van der Waals surface area contributed by atoms with E-state index in [0.717, 1.165) is 23.6 Å². The van der Waals surface area contributed by atoms with Crippen molar-refractivity contribution >= 4 is 34.4 Å². The number of anilines is 1. The van der Waals surface area contributed by atoms with Gasteiger partial charge in [0.1, 0.15) is 17.7 Å². The molecule has 3 amide bonds. The van der Waals surface area contributed by atoms with Gasteiger partial charge in [-0.2, -0.15) is 0 Å². The van der Waals surface area contributed by atoms with Crippen LogP contribution in [0, 0.1) is 5.92 Å². The van der Waals surface area contributed by atoms with Gasteiger partial charge in [-0.25, -0.2) is 4.79 Å². The summed E-state index contributed by atoms with van der Waals surface area (Å²) >= 11 is 0. The topological polar surface area (TPSA) is 87.7 Å². The molecule has 0 aromatic heterocycles. The highest BCUT2D eigenvalue weighted by atomic mass is 16.6. The molecule has 38 heavy (non-hydrogen) atoms. The summed E-state index contributed by atoms with van der Waals surface area (Å²) in [4.78, 5) is 42.3. The van der Waals surface area contributed by atoms with Crippen LogP contribution in [0.4, 0.5) is 10.5 Å². The summed E-state index contributed by atoms with van der Waals surface area (Å²) < 4.78 is 5.43. The maximum absolute atomic E-state index is 14.1. The molecule has 2 atom stereocenters. The van der Waals surface area contributed by atoms with Gasteiger partial charge in [0.05, 0.1) is 0 Å². The molecule has 3 aromatic rings. The Balaban J connectivity index is 1.66. The third-order valence-corrected chi connectivity index (χ3v) is 6.46. The van der Waals surface area contributed by atoms with E-state index in [2.05, 4.69) is 10.6 Å². The van der Waals surface area contributed by atoms with Gasteiger partial charge >= 0.3 is 6.09 Å². The lowest BCUT2D eigenvalue weighted by Crippen LogP contribution is -2.55. The number of hydrogen-bond donors (Lipinski definition) is 2. The average molecular weight is 516 g/mol. The standard InChI is InChI=1S/C31H37N3O4/c1-20(2)26(33-30(37)38-31(3,4)5)29(36)34(25-17-18-25)27(22-12-7-6-8-13-22)28(35)32-24-16-15-21-11-9-10-14-23(21)19-24/h6-16,19-20,25-27H,17-18H2,1-5H3,(H,32,35)(H,33,37). The van der Waals surface area contributed by atoms with Gasteiger partial charge in [-0.05, 0) is 68.0 Å². The number of rotatable bonds is 8. The molecule has 0 spiro atoms. The molecule has 3 aromatic carbocycles. The number of nitrogens with one attached hydrogen (secondary N) is 2. The zero-order valence-electron chi connectivity index (χ0n) is 22.7. The van der Waals surface area contributed by atoms with Gasteiger partial charge in [0.2, 0.25) is 5.91 Å². The molecule has 1 fully saturated rings. The smallest absolute Gasteiger partial charge is 0.408 e. The van der Waals surface area contributed by atoms with Crippen LogP contribution in [0.1, 0.15) is 59.1 Å². The van der Waals surface area contributed by atoms with E-state index < -0.39 is 23.8 Å². The van der Waals surface area contributed by atoms with Crippen LogP contribution < -0.4 is 10.6 Å². The number of hydrogen-bond acceptors (Lipinski definition) is 4. The number of ether oxygens (including phenoxy) is 1. The Morgan fingerprint density at radius 3 is 2.13 bits per heavy atom. The summed E-state index contributed by atoms with van der Waals surface area (Å²) in [6.07, 6.45) is 0.947. The molecule has 7 heteroatoms. The second kappa shape index (κ2) is 11.3. The lowest BCUT2D eigenvalue weighted by molar-refractivity contribution is -0.142. The van der Waals surface area contributed by atoms with Crippen molar-refractivity contribution in [3.63, 3.8) is 0 Å². The summed E-state index contributed by atoms with van der Waals surface area (Å²) in [7, 11) is 0. The van der Waals surface area contributed by atoms with E-state index in [9.17, 15) is 14.4 Å². The number of fused-ring (bicyclic) bond motifs is 1. The van der Waals surface area contributed by atoms with Crippen molar-refractivity contribution in [1.29, 1.82) is 0 Å². The molecule has 0 bridgehead atoms. The Kier molecular flexibility index (Phi) is 8.05. The first kappa shape index (κ1) is 27.2. The molecular weight excluding hydrogens is 478 g/mol. The van der Waals surface area contributed by atoms with Gasteiger partial charge < -0.3 is 20.3 Å². The molecule has 0 saturated heterocycles. The Hall–Kier alpha value is -3.87. The highest BCUT2D eigenvalue weighted by Crippen LogP contribution is 2.36. The molecule has 1 aliphatic rings. The van der Waals surface area contributed by atoms with Crippen LogP contribution in [0.3, 0.4) is 0 Å². The van der Waals surface area contributed by atoms with E-state index in [1.54, 1.807) is 25.7 Å². The zero-order chi connectivity index (χ0) is 27.4.